The van der Waals surface area contributed by atoms with Crippen LogP contribution in [0.25, 0.3) is 10.8 Å². The van der Waals surface area contributed by atoms with Crippen molar-refractivity contribution in [2.24, 2.45) is 5.92 Å². The van der Waals surface area contributed by atoms with Crippen molar-refractivity contribution in [3.63, 3.8) is 0 Å². The molecule has 0 N–H and O–H groups in total. The molecule has 0 saturated carbocycles. The molecule has 0 radical (unpaired) electrons. The van der Waals surface area contributed by atoms with Crippen molar-refractivity contribution in [1.82, 2.24) is 4.98 Å². The van der Waals surface area contributed by atoms with Gasteiger partial charge < -0.3 is 0 Å². The summed E-state index contributed by atoms with van der Waals surface area (Å²) in [5, 5.41) is 1.20. The van der Waals surface area contributed by atoms with Gasteiger partial charge in [0.05, 0.1) is 10.5 Å². The minimum absolute atomic E-state index is 0.00333. The molecule has 0 aliphatic carbocycles. The van der Waals surface area contributed by atoms with Crippen molar-refractivity contribution >= 4 is 26.4 Å². The monoisotopic (exact) mass is 315 g/mol. The van der Waals surface area contributed by atoms with E-state index in [1.807, 2.05) is 30.3 Å². The summed E-state index contributed by atoms with van der Waals surface area (Å²) in [6, 6.07) is 9.59. The third kappa shape index (κ3) is 1.99. The van der Waals surface area contributed by atoms with Gasteiger partial charge in [0.15, 0.2) is 15.6 Å². The lowest BCUT2D eigenvalue weighted by atomic mass is 9.91. The molecule has 114 valence electrons. The third-order valence-electron chi connectivity index (χ3n) is 5.11. The van der Waals surface area contributed by atoms with Crippen LogP contribution in [-0.4, -0.2) is 29.7 Å². The first-order valence-corrected chi connectivity index (χ1v) is 9.29. The van der Waals surface area contributed by atoms with Crippen LogP contribution in [0.5, 0.6) is 0 Å². The lowest BCUT2D eigenvalue weighted by Gasteiger charge is -2.26. The summed E-state index contributed by atoms with van der Waals surface area (Å²) in [5.41, 5.74) is 0.488. The second-order valence-corrected chi connectivity index (χ2v) is 8.84. The Morgan fingerprint density at radius 2 is 1.73 bits per heavy atom. The number of carbonyl (C=O) groups is 1. The Kier molecular flexibility index (Phi) is 3.08. The van der Waals surface area contributed by atoms with Gasteiger partial charge in [-0.2, -0.15) is 0 Å². The molecule has 2 aliphatic rings. The minimum Gasteiger partial charge on any atom is -0.292 e. The van der Waals surface area contributed by atoms with Crippen LogP contribution in [0.1, 0.15) is 36.2 Å². The van der Waals surface area contributed by atoms with E-state index in [0.717, 1.165) is 10.8 Å². The summed E-state index contributed by atoms with van der Waals surface area (Å²) in [6.07, 6.45) is 3.99. The van der Waals surface area contributed by atoms with E-state index in [0.29, 0.717) is 31.4 Å². The summed E-state index contributed by atoms with van der Waals surface area (Å²) in [7, 11) is -2.99. The van der Waals surface area contributed by atoms with E-state index in [9.17, 15) is 13.2 Å². The number of hydrogen-bond donors (Lipinski definition) is 0. The zero-order chi connectivity index (χ0) is 15.3. The Hall–Kier alpha value is -1.75. The van der Waals surface area contributed by atoms with E-state index in [-0.39, 0.29) is 22.2 Å². The quantitative estimate of drug-likeness (QED) is 0.799. The molecule has 1 aromatic heterocycles. The van der Waals surface area contributed by atoms with Crippen LogP contribution in [0.3, 0.4) is 0 Å². The van der Waals surface area contributed by atoms with Crippen molar-refractivity contribution in [3.8, 4) is 0 Å². The number of ketones is 1. The van der Waals surface area contributed by atoms with Crippen LogP contribution in [0.2, 0.25) is 0 Å². The minimum atomic E-state index is -2.99. The first-order valence-electron chi connectivity index (χ1n) is 7.68. The fourth-order valence-corrected chi connectivity index (χ4v) is 6.41. The highest BCUT2D eigenvalue weighted by Gasteiger charge is 2.48. The van der Waals surface area contributed by atoms with Crippen molar-refractivity contribution in [2.45, 2.75) is 36.2 Å². The fraction of sp³-hybridized carbons (Fsp3) is 0.412. The molecule has 2 aromatic rings. The number of Topliss-reactive ketones (excluding diaryl/α,β-unsaturated/α-hetero) is 1. The highest BCUT2D eigenvalue weighted by molar-refractivity contribution is 7.93. The van der Waals surface area contributed by atoms with Gasteiger partial charge in [0.2, 0.25) is 0 Å². The zero-order valence-corrected chi connectivity index (χ0v) is 12.9. The third-order valence-corrected chi connectivity index (χ3v) is 7.83. The van der Waals surface area contributed by atoms with Crippen LogP contribution in [0.15, 0.2) is 36.5 Å². The van der Waals surface area contributed by atoms with Crippen molar-refractivity contribution in [3.05, 3.63) is 42.2 Å². The molecule has 0 amide bonds. The standard InChI is InChI=1S/C17H17NO3S/c19-17(12-9-13-5-6-14(10-12)22(13,20)21)16-15-4-2-1-3-11(15)7-8-18-16/h1-4,7-8,12-14H,5-6,9-10H2. The highest BCUT2D eigenvalue weighted by atomic mass is 32.2. The molecule has 2 aliphatic heterocycles. The Labute approximate surface area is 129 Å². The van der Waals surface area contributed by atoms with Crippen LogP contribution in [-0.2, 0) is 9.84 Å². The molecular weight excluding hydrogens is 298 g/mol. The lowest BCUT2D eigenvalue weighted by molar-refractivity contribution is 0.0902. The van der Waals surface area contributed by atoms with Gasteiger partial charge in [-0.15, -0.1) is 0 Å². The van der Waals surface area contributed by atoms with E-state index in [1.165, 1.54) is 0 Å². The molecule has 3 heterocycles. The first-order chi connectivity index (χ1) is 10.6. The Morgan fingerprint density at radius 1 is 1.05 bits per heavy atom. The number of rotatable bonds is 2. The molecule has 2 fully saturated rings. The number of sulfone groups is 1. The Morgan fingerprint density at radius 3 is 2.45 bits per heavy atom. The predicted molar refractivity (Wildman–Crippen MR) is 84.5 cm³/mol. The van der Waals surface area contributed by atoms with Crippen LogP contribution < -0.4 is 0 Å². The molecule has 4 nitrogen and oxygen atoms in total. The van der Waals surface area contributed by atoms with Gasteiger partial charge >= 0.3 is 0 Å². The van der Waals surface area contributed by atoms with Crippen LogP contribution in [0.4, 0.5) is 0 Å². The molecule has 2 unspecified atom stereocenters. The SMILES string of the molecule is O=C(c1nccc2ccccc12)C1CC2CCC(C1)S2(=O)=O. The fourth-order valence-electron chi connectivity index (χ4n) is 3.93. The molecule has 0 spiro atoms. The van der Waals surface area contributed by atoms with Crippen LogP contribution in [0, 0.1) is 5.92 Å². The van der Waals surface area contributed by atoms with Crippen molar-refractivity contribution in [1.29, 1.82) is 0 Å². The van der Waals surface area contributed by atoms with E-state index in [2.05, 4.69) is 4.98 Å². The highest BCUT2D eigenvalue weighted by Crippen LogP contribution is 2.42. The number of fused-ring (bicyclic) bond motifs is 3. The summed E-state index contributed by atoms with van der Waals surface area (Å²) in [4.78, 5) is 17.2. The van der Waals surface area contributed by atoms with Crippen molar-refractivity contribution in [2.75, 3.05) is 0 Å². The maximum atomic E-state index is 12.9. The second-order valence-electron chi connectivity index (χ2n) is 6.32. The van der Waals surface area contributed by atoms with E-state index >= 15 is 0 Å². The average Bonchev–Trinajstić information content (AvgIpc) is 2.71. The largest absolute Gasteiger partial charge is 0.292 e. The molecule has 2 atom stereocenters. The molecule has 2 saturated heterocycles. The molecule has 2 bridgehead atoms. The smallest absolute Gasteiger partial charge is 0.184 e. The zero-order valence-electron chi connectivity index (χ0n) is 12.1. The number of aromatic nitrogens is 1. The van der Waals surface area contributed by atoms with Gasteiger partial charge in [-0.05, 0) is 37.1 Å². The topological polar surface area (TPSA) is 64.1 Å². The molecule has 5 heteroatoms. The number of nitrogens with zero attached hydrogens (tertiary/aromatic N) is 1. The van der Waals surface area contributed by atoms with Gasteiger partial charge in [-0.25, -0.2) is 8.42 Å². The number of pyridine rings is 1. The van der Waals surface area contributed by atoms with E-state index < -0.39 is 9.84 Å². The van der Waals surface area contributed by atoms with Gasteiger partial charge in [-0.1, -0.05) is 24.3 Å². The maximum Gasteiger partial charge on any atom is 0.184 e. The number of benzene rings is 1. The molecular formula is C17H17NO3S. The lowest BCUT2D eigenvalue weighted by Crippen LogP contribution is -2.36. The van der Waals surface area contributed by atoms with E-state index in [4.69, 9.17) is 0 Å². The van der Waals surface area contributed by atoms with Crippen LogP contribution >= 0.6 is 0 Å². The molecule has 22 heavy (non-hydrogen) atoms. The van der Waals surface area contributed by atoms with Gasteiger partial charge in [0, 0.05) is 17.5 Å². The van der Waals surface area contributed by atoms with Gasteiger partial charge in [0.1, 0.15) is 5.69 Å². The van der Waals surface area contributed by atoms with Gasteiger partial charge in [-0.3, -0.25) is 9.78 Å². The maximum absolute atomic E-state index is 12.9. The summed E-state index contributed by atoms with van der Waals surface area (Å²) in [5.74, 6) is -0.206. The van der Waals surface area contributed by atoms with Gasteiger partial charge in [0.25, 0.3) is 0 Å². The number of carbonyl (C=O) groups excluding carboxylic acids is 1. The van der Waals surface area contributed by atoms with Crippen molar-refractivity contribution < 1.29 is 13.2 Å². The average molecular weight is 315 g/mol. The summed E-state index contributed by atoms with van der Waals surface area (Å²) in [6.45, 7) is 0. The predicted octanol–water partition coefficient (Wildman–Crippen LogP) is 2.77. The Balaban J connectivity index is 1.71. The number of hydrogen-bond acceptors (Lipinski definition) is 4. The normalized spacial score (nSPS) is 29.5. The molecule has 4 rings (SSSR count). The Bertz CT molecular complexity index is 834. The summed E-state index contributed by atoms with van der Waals surface area (Å²) < 4.78 is 24.3. The van der Waals surface area contributed by atoms with E-state index in [1.54, 1.807) is 6.20 Å². The second kappa shape index (κ2) is 4.88. The summed E-state index contributed by atoms with van der Waals surface area (Å²) >= 11 is 0. The first kappa shape index (κ1) is 13.9. The molecule has 1 aromatic carbocycles.